The number of nitrogens with zero attached hydrogens (tertiary/aromatic N) is 1. The highest BCUT2D eigenvalue weighted by Crippen LogP contribution is 2.20. The molecule has 1 heterocycles. The topological polar surface area (TPSA) is 88.1 Å². The Kier molecular flexibility index (Phi) is 6.85. The minimum atomic E-state index is -0.581. The molecular weight excluding hydrogens is 336 g/mol. The van der Waals surface area contributed by atoms with Crippen LogP contribution in [0.1, 0.15) is 32.8 Å². The van der Waals surface area contributed by atoms with Gasteiger partial charge in [-0.15, -0.1) is 0 Å². The predicted octanol–water partition coefficient (Wildman–Crippen LogP) is 2.53. The normalized spacial score (nSPS) is 20.4. The molecule has 2 atom stereocenters. The van der Waals surface area contributed by atoms with Crippen LogP contribution in [0.3, 0.4) is 0 Å². The summed E-state index contributed by atoms with van der Waals surface area (Å²) in [6.45, 7) is 6.29. The molecule has 2 rings (SSSR count). The van der Waals surface area contributed by atoms with Crippen molar-refractivity contribution in [2.45, 2.75) is 45.4 Å². The van der Waals surface area contributed by atoms with Crippen molar-refractivity contribution in [1.82, 2.24) is 10.2 Å². The minimum absolute atomic E-state index is 0.0637. The van der Waals surface area contributed by atoms with E-state index >= 15 is 0 Å². The first-order chi connectivity index (χ1) is 12.3. The number of amides is 2. The third kappa shape index (κ3) is 6.22. The Bertz CT molecular complexity index is 600. The number of carbonyl (C=O) groups is 2. The molecule has 1 aromatic rings. The van der Waals surface area contributed by atoms with Crippen LogP contribution in [-0.4, -0.2) is 53.5 Å². The smallest absolute Gasteiger partial charge is 0.410 e. The van der Waals surface area contributed by atoms with Gasteiger partial charge in [-0.1, -0.05) is 30.3 Å². The molecule has 1 saturated heterocycles. The molecule has 7 nitrogen and oxygen atoms in total. The van der Waals surface area contributed by atoms with E-state index in [4.69, 9.17) is 9.47 Å². The highest BCUT2D eigenvalue weighted by Gasteiger charge is 2.34. The number of hydrogen-bond acceptors (Lipinski definition) is 5. The minimum Gasteiger partial charge on any atom is -0.445 e. The van der Waals surface area contributed by atoms with E-state index in [1.807, 2.05) is 51.1 Å². The quantitative estimate of drug-likeness (QED) is 0.857. The van der Waals surface area contributed by atoms with E-state index < -0.39 is 17.8 Å². The van der Waals surface area contributed by atoms with E-state index in [-0.39, 0.29) is 31.7 Å². The molecule has 0 spiro atoms. The van der Waals surface area contributed by atoms with E-state index in [0.29, 0.717) is 13.0 Å². The molecule has 7 heteroatoms. The zero-order chi connectivity index (χ0) is 19.2. The first-order valence-corrected chi connectivity index (χ1v) is 8.84. The average molecular weight is 364 g/mol. The molecule has 1 aromatic carbocycles. The number of alkyl carbamates (subject to hydrolysis) is 1. The van der Waals surface area contributed by atoms with Crippen molar-refractivity contribution in [3.05, 3.63) is 35.9 Å². The number of ether oxygens (including phenoxy) is 2. The Hall–Kier alpha value is -2.28. The Labute approximate surface area is 154 Å². The molecule has 1 fully saturated rings. The van der Waals surface area contributed by atoms with E-state index in [9.17, 15) is 14.7 Å². The fourth-order valence-electron chi connectivity index (χ4n) is 2.79. The lowest BCUT2D eigenvalue weighted by Crippen LogP contribution is -2.55. The van der Waals surface area contributed by atoms with Gasteiger partial charge in [0.25, 0.3) is 0 Å². The van der Waals surface area contributed by atoms with Crippen molar-refractivity contribution in [1.29, 1.82) is 0 Å². The van der Waals surface area contributed by atoms with Crippen LogP contribution in [0.2, 0.25) is 0 Å². The number of benzene rings is 1. The standard InChI is InChI=1S/C19H28N2O5/c1-19(2,3)26-18(24)21-10-9-15(12-22)16(11-21)20-17(23)25-13-14-7-5-4-6-8-14/h4-8,15-16,22H,9-13H2,1-3H3,(H,20,23)/t15-,16+/m1/s1. The van der Waals surface area contributed by atoms with Crippen molar-refractivity contribution in [2.75, 3.05) is 19.7 Å². The summed E-state index contributed by atoms with van der Waals surface area (Å²) in [5.74, 6) is -0.127. The van der Waals surface area contributed by atoms with Gasteiger partial charge >= 0.3 is 12.2 Å². The molecular formula is C19H28N2O5. The number of aliphatic hydroxyl groups excluding tert-OH is 1. The zero-order valence-corrected chi connectivity index (χ0v) is 15.6. The van der Waals surface area contributed by atoms with E-state index in [2.05, 4.69) is 5.32 Å². The number of likely N-dealkylation sites (tertiary alicyclic amines) is 1. The molecule has 144 valence electrons. The van der Waals surface area contributed by atoms with E-state index in [0.717, 1.165) is 5.56 Å². The Morgan fingerprint density at radius 1 is 1.27 bits per heavy atom. The lowest BCUT2D eigenvalue weighted by molar-refractivity contribution is 0.00947. The third-order valence-corrected chi connectivity index (χ3v) is 4.16. The van der Waals surface area contributed by atoms with Gasteiger partial charge in [0, 0.05) is 25.6 Å². The highest BCUT2D eigenvalue weighted by molar-refractivity contribution is 5.70. The Morgan fingerprint density at radius 2 is 1.96 bits per heavy atom. The van der Waals surface area contributed by atoms with Gasteiger partial charge in [0.2, 0.25) is 0 Å². The molecule has 0 bridgehead atoms. The van der Waals surface area contributed by atoms with Gasteiger partial charge < -0.3 is 24.8 Å². The molecule has 2 N–H and O–H groups in total. The Morgan fingerprint density at radius 3 is 2.58 bits per heavy atom. The SMILES string of the molecule is CC(C)(C)OC(=O)N1CC[C@H](CO)[C@@H](NC(=O)OCc2ccccc2)C1. The van der Waals surface area contributed by atoms with Crippen LogP contribution in [-0.2, 0) is 16.1 Å². The van der Waals surface area contributed by atoms with Crippen LogP contribution in [0.4, 0.5) is 9.59 Å². The van der Waals surface area contributed by atoms with Crippen LogP contribution < -0.4 is 5.32 Å². The highest BCUT2D eigenvalue weighted by atomic mass is 16.6. The van der Waals surface area contributed by atoms with Crippen molar-refractivity contribution in [2.24, 2.45) is 5.92 Å². The maximum atomic E-state index is 12.2. The number of piperidine rings is 1. The van der Waals surface area contributed by atoms with Crippen molar-refractivity contribution < 1.29 is 24.2 Å². The molecule has 0 unspecified atom stereocenters. The van der Waals surface area contributed by atoms with Crippen molar-refractivity contribution in [3.8, 4) is 0 Å². The Balaban J connectivity index is 1.89. The summed E-state index contributed by atoms with van der Waals surface area (Å²) in [5, 5.41) is 12.3. The number of nitrogens with one attached hydrogen (secondary N) is 1. The number of hydrogen-bond donors (Lipinski definition) is 2. The number of carbonyl (C=O) groups excluding carboxylic acids is 2. The van der Waals surface area contributed by atoms with Crippen LogP contribution >= 0.6 is 0 Å². The number of aliphatic hydroxyl groups is 1. The summed E-state index contributed by atoms with van der Waals surface area (Å²) in [6.07, 6.45) is -0.402. The zero-order valence-electron chi connectivity index (χ0n) is 15.6. The molecule has 0 aliphatic carbocycles. The molecule has 0 radical (unpaired) electrons. The molecule has 0 aromatic heterocycles. The monoisotopic (exact) mass is 364 g/mol. The maximum Gasteiger partial charge on any atom is 0.410 e. The van der Waals surface area contributed by atoms with E-state index in [1.54, 1.807) is 4.90 Å². The summed E-state index contributed by atoms with van der Waals surface area (Å²) >= 11 is 0. The lowest BCUT2D eigenvalue weighted by Gasteiger charge is -2.38. The molecule has 2 amide bonds. The lowest BCUT2D eigenvalue weighted by atomic mass is 9.92. The number of rotatable bonds is 4. The summed E-state index contributed by atoms with van der Waals surface area (Å²) in [4.78, 5) is 25.9. The first-order valence-electron chi connectivity index (χ1n) is 8.84. The summed E-state index contributed by atoms with van der Waals surface area (Å²) in [6, 6.07) is 8.99. The second-order valence-corrected chi connectivity index (χ2v) is 7.47. The fraction of sp³-hybridized carbons (Fsp3) is 0.579. The second kappa shape index (κ2) is 8.89. The molecule has 0 saturated carbocycles. The fourth-order valence-corrected chi connectivity index (χ4v) is 2.79. The van der Waals surface area contributed by atoms with Gasteiger partial charge in [-0.25, -0.2) is 9.59 Å². The van der Waals surface area contributed by atoms with Gasteiger partial charge in [0.1, 0.15) is 12.2 Å². The van der Waals surface area contributed by atoms with Crippen LogP contribution in [0.5, 0.6) is 0 Å². The van der Waals surface area contributed by atoms with Gasteiger partial charge in [0.15, 0.2) is 0 Å². The van der Waals surface area contributed by atoms with E-state index in [1.165, 1.54) is 0 Å². The summed E-state index contributed by atoms with van der Waals surface area (Å²) in [5.41, 5.74) is 0.308. The average Bonchev–Trinajstić information content (AvgIpc) is 2.59. The predicted molar refractivity (Wildman–Crippen MR) is 96.6 cm³/mol. The maximum absolute atomic E-state index is 12.2. The van der Waals surface area contributed by atoms with Gasteiger partial charge in [-0.05, 0) is 32.8 Å². The summed E-state index contributed by atoms with van der Waals surface area (Å²) in [7, 11) is 0. The van der Waals surface area contributed by atoms with Crippen molar-refractivity contribution >= 4 is 12.2 Å². The van der Waals surface area contributed by atoms with Crippen LogP contribution in [0, 0.1) is 5.92 Å². The largest absolute Gasteiger partial charge is 0.445 e. The van der Waals surface area contributed by atoms with Crippen LogP contribution in [0.15, 0.2) is 30.3 Å². The van der Waals surface area contributed by atoms with Gasteiger partial charge in [-0.3, -0.25) is 0 Å². The molecule has 26 heavy (non-hydrogen) atoms. The summed E-state index contributed by atoms with van der Waals surface area (Å²) < 4.78 is 10.6. The van der Waals surface area contributed by atoms with Gasteiger partial charge in [-0.2, -0.15) is 0 Å². The third-order valence-electron chi connectivity index (χ3n) is 4.16. The van der Waals surface area contributed by atoms with Crippen molar-refractivity contribution in [3.63, 3.8) is 0 Å². The van der Waals surface area contributed by atoms with Crippen LogP contribution in [0.25, 0.3) is 0 Å². The second-order valence-electron chi connectivity index (χ2n) is 7.47. The molecule has 1 aliphatic rings. The first kappa shape index (κ1) is 20.0. The molecule has 1 aliphatic heterocycles. The van der Waals surface area contributed by atoms with Gasteiger partial charge in [0.05, 0.1) is 6.04 Å².